The fourth-order valence-electron chi connectivity index (χ4n) is 2.75. The van der Waals surface area contributed by atoms with Gasteiger partial charge in [0.1, 0.15) is 0 Å². The largest absolute Gasteiger partial charge is 0.314 e. The molecule has 14 heavy (non-hydrogen) atoms. The first-order valence-electron chi connectivity index (χ1n) is 6.61. The van der Waals surface area contributed by atoms with Crippen molar-refractivity contribution in [2.45, 2.75) is 71.3 Å². The van der Waals surface area contributed by atoms with E-state index in [0.717, 1.165) is 12.0 Å². The van der Waals surface area contributed by atoms with E-state index in [2.05, 4.69) is 19.2 Å². The van der Waals surface area contributed by atoms with Gasteiger partial charge in [-0.3, -0.25) is 0 Å². The van der Waals surface area contributed by atoms with Gasteiger partial charge in [-0.05, 0) is 38.1 Å². The van der Waals surface area contributed by atoms with E-state index in [4.69, 9.17) is 0 Å². The minimum absolute atomic E-state index is 0.831. The molecule has 0 aromatic rings. The second-order valence-electron chi connectivity index (χ2n) is 4.75. The summed E-state index contributed by atoms with van der Waals surface area (Å²) in [5.41, 5.74) is 0. The average molecular weight is 197 g/mol. The number of hydrogen-bond donors (Lipinski definition) is 1. The lowest BCUT2D eigenvalue weighted by molar-refractivity contribution is 0.305. The molecule has 0 radical (unpaired) electrons. The Balaban J connectivity index is 2.38. The minimum Gasteiger partial charge on any atom is -0.314 e. The number of nitrogens with one attached hydrogen (secondary N) is 1. The van der Waals surface area contributed by atoms with Gasteiger partial charge >= 0.3 is 0 Å². The van der Waals surface area contributed by atoms with Crippen molar-refractivity contribution in [3.05, 3.63) is 0 Å². The molecule has 1 aliphatic heterocycles. The van der Waals surface area contributed by atoms with E-state index in [1.54, 1.807) is 0 Å². The summed E-state index contributed by atoms with van der Waals surface area (Å²) in [4.78, 5) is 0. The molecule has 84 valence electrons. The molecule has 1 heteroatoms. The lowest BCUT2D eigenvalue weighted by Gasteiger charge is -2.26. The zero-order valence-electron chi connectivity index (χ0n) is 10.0. The van der Waals surface area contributed by atoms with Crippen LogP contribution in [0.15, 0.2) is 0 Å². The molecule has 1 heterocycles. The fourth-order valence-corrected chi connectivity index (χ4v) is 2.75. The maximum absolute atomic E-state index is 3.75. The number of hydrogen-bond acceptors (Lipinski definition) is 1. The molecule has 0 bridgehead atoms. The minimum atomic E-state index is 0.831. The Morgan fingerprint density at radius 3 is 2.43 bits per heavy atom. The molecule has 0 aromatic heterocycles. The van der Waals surface area contributed by atoms with Crippen molar-refractivity contribution in [3.8, 4) is 0 Å². The zero-order valence-corrected chi connectivity index (χ0v) is 10.0. The van der Waals surface area contributed by atoms with Crippen molar-refractivity contribution in [3.63, 3.8) is 0 Å². The highest BCUT2D eigenvalue weighted by Gasteiger charge is 2.20. The molecule has 1 rings (SSSR count). The summed E-state index contributed by atoms with van der Waals surface area (Å²) in [5.74, 6) is 0.947. The second-order valence-corrected chi connectivity index (χ2v) is 4.75. The summed E-state index contributed by atoms with van der Waals surface area (Å²) < 4.78 is 0. The van der Waals surface area contributed by atoms with Crippen molar-refractivity contribution >= 4 is 0 Å². The third kappa shape index (κ3) is 4.00. The van der Waals surface area contributed by atoms with Gasteiger partial charge < -0.3 is 5.32 Å². The third-order valence-electron chi connectivity index (χ3n) is 3.49. The van der Waals surface area contributed by atoms with Crippen LogP contribution in [0.3, 0.4) is 0 Å². The zero-order chi connectivity index (χ0) is 10.2. The van der Waals surface area contributed by atoms with Crippen molar-refractivity contribution in [2.24, 2.45) is 5.92 Å². The van der Waals surface area contributed by atoms with Crippen LogP contribution < -0.4 is 5.32 Å². The molecule has 1 nitrogen and oxygen atoms in total. The molecule has 1 unspecified atom stereocenters. The van der Waals surface area contributed by atoms with E-state index in [9.17, 15) is 0 Å². The lowest BCUT2D eigenvalue weighted by atomic mass is 9.88. The Kier molecular flexibility index (Phi) is 6.25. The van der Waals surface area contributed by atoms with Crippen molar-refractivity contribution in [2.75, 3.05) is 6.54 Å². The molecule has 0 saturated carbocycles. The van der Waals surface area contributed by atoms with E-state index in [1.165, 1.54) is 57.9 Å². The molecule has 0 spiro atoms. The molecule has 1 fully saturated rings. The Labute approximate surface area is 89.7 Å². The highest BCUT2D eigenvalue weighted by molar-refractivity contribution is 4.78. The third-order valence-corrected chi connectivity index (χ3v) is 3.49. The summed E-state index contributed by atoms with van der Waals surface area (Å²) in [6.07, 6.45) is 11.2. The first kappa shape index (κ1) is 12.0. The van der Waals surface area contributed by atoms with Gasteiger partial charge in [0, 0.05) is 6.04 Å². The topological polar surface area (TPSA) is 12.0 Å². The van der Waals surface area contributed by atoms with Gasteiger partial charge in [-0.2, -0.15) is 0 Å². The highest BCUT2D eigenvalue weighted by atomic mass is 14.9. The van der Waals surface area contributed by atoms with Crippen LogP contribution in [0.1, 0.15) is 65.2 Å². The molecule has 1 N–H and O–H groups in total. The van der Waals surface area contributed by atoms with Gasteiger partial charge in [0.25, 0.3) is 0 Å². The predicted molar refractivity (Wildman–Crippen MR) is 63.6 cm³/mol. The van der Waals surface area contributed by atoms with E-state index >= 15 is 0 Å². The summed E-state index contributed by atoms with van der Waals surface area (Å²) in [5, 5.41) is 3.75. The van der Waals surface area contributed by atoms with Crippen molar-refractivity contribution in [1.29, 1.82) is 0 Å². The summed E-state index contributed by atoms with van der Waals surface area (Å²) in [7, 11) is 0. The quantitative estimate of drug-likeness (QED) is 0.708. The molecule has 0 aliphatic carbocycles. The van der Waals surface area contributed by atoms with Gasteiger partial charge in [-0.15, -0.1) is 0 Å². The standard InChI is InChI=1S/C13H27N/c1-3-8-12(9-4-2)13-10-6-5-7-11-14-13/h12-14H,3-11H2,1-2H3. The second kappa shape index (κ2) is 7.28. The molecule has 0 amide bonds. The summed E-state index contributed by atoms with van der Waals surface area (Å²) in [6, 6.07) is 0.831. The Hall–Kier alpha value is -0.0400. The molecule has 1 atom stereocenters. The highest BCUT2D eigenvalue weighted by Crippen LogP contribution is 2.23. The molecule has 0 aromatic carbocycles. The van der Waals surface area contributed by atoms with Gasteiger partial charge in [-0.25, -0.2) is 0 Å². The fraction of sp³-hybridized carbons (Fsp3) is 1.00. The predicted octanol–water partition coefficient (Wildman–Crippen LogP) is 3.74. The maximum Gasteiger partial charge on any atom is 0.00953 e. The van der Waals surface area contributed by atoms with Crippen LogP contribution in [0.5, 0.6) is 0 Å². The molecular formula is C13H27N. The van der Waals surface area contributed by atoms with Crippen LogP contribution >= 0.6 is 0 Å². The van der Waals surface area contributed by atoms with Gasteiger partial charge in [0.15, 0.2) is 0 Å². The molecule has 1 saturated heterocycles. The number of rotatable bonds is 5. The normalized spacial score (nSPS) is 23.8. The van der Waals surface area contributed by atoms with Crippen LogP contribution in [0.2, 0.25) is 0 Å². The van der Waals surface area contributed by atoms with Crippen LogP contribution in [-0.2, 0) is 0 Å². The smallest absolute Gasteiger partial charge is 0.00953 e. The Morgan fingerprint density at radius 2 is 1.79 bits per heavy atom. The Bertz CT molecular complexity index is 119. The first-order chi connectivity index (χ1) is 6.88. The van der Waals surface area contributed by atoms with Crippen molar-refractivity contribution < 1.29 is 0 Å². The van der Waals surface area contributed by atoms with Crippen LogP contribution in [0.25, 0.3) is 0 Å². The first-order valence-corrected chi connectivity index (χ1v) is 6.61. The molecular weight excluding hydrogens is 170 g/mol. The van der Waals surface area contributed by atoms with E-state index in [0.29, 0.717) is 0 Å². The summed E-state index contributed by atoms with van der Waals surface area (Å²) in [6.45, 7) is 5.90. The SMILES string of the molecule is CCCC(CCC)C1CCCCCN1. The lowest BCUT2D eigenvalue weighted by Crippen LogP contribution is -2.35. The van der Waals surface area contributed by atoms with Gasteiger partial charge in [0.05, 0.1) is 0 Å². The maximum atomic E-state index is 3.75. The van der Waals surface area contributed by atoms with E-state index in [1.807, 2.05) is 0 Å². The van der Waals surface area contributed by atoms with Gasteiger partial charge in [0.2, 0.25) is 0 Å². The summed E-state index contributed by atoms with van der Waals surface area (Å²) >= 11 is 0. The Morgan fingerprint density at radius 1 is 1.07 bits per heavy atom. The van der Waals surface area contributed by atoms with Crippen molar-refractivity contribution in [1.82, 2.24) is 5.32 Å². The van der Waals surface area contributed by atoms with E-state index in [-0.39, 0.29) is 0 Å². The van der Waals surface area contributed by atoms with Crippen LogP contribution in [0.4, 0.5) is 0 Å². The monoisotopic (exact) mass is 197 g/mol. The van der Waals surface area contributed by atoms with Crippen LogP contribution in [-0.4, -0.2) is 12.6 Å². The van der Waals surface area contributed by atoms with Crippen LogP contribution in [0, 0.1) is 5.92 Å². The molecule has 1 aliphatic rings. The average Bonchev–Trinajstić information content (AvgIpc) is 2.45. The van der Waals surface area contributed by atoms with E-state index < -0.39 is 0 Å². The van der Waals surface area contributed by atoms with Gasteiger partial charge in [-0.1, -0.05) is 39.5 Å².